The smallest absolute Gasteiger partial charge is 0.0688 e. The van der Waals surface area contributed by atoms with Crippen LogP contribution in [0.3, 0.4) is 0 Å². The second-order valence-corrected chi connectivity index (χ2v) is 2.84. The standard InChI is InChI=1S/C10H13NO/c1-7-3-4-10(8(2)11)9(5-7)6-12/h3-5,12H,2,6,11H2,1H3. The molecule has 3 N–H and O–H groups in total. The van der Waals surface area contributed by atoms with Gasteiger partial charge in [0.1, 0.15) is 0 Å². The van der Waals surface area contributed by atoms with E-state index in [1.165, 1.54) is 0 Å². The molecule has 0 unspecified atom stereocenters. The highest BCUT2D eigenvalue weighted by atomic mass is 16.3. The molecule has 0 radical (unpaired) electrons. The van der Waals surface area contributed by atoms with Crippen LogP contribution in [-0.2, 0) is 6.61 Å². The third kappa shape index (κ3) is 1.66. The van der Waals surface area contributed by atoms with Crippen LogP contribution in [0.5, 0.6) is 0 Å². The molecule has 1 aromatic carbocycles. The first kappa shape index (κ1) is 8.81. The van der Waals surface area contributed by atoms with Crippen molar-refractivity contribution in [3.8, 4) is 0 Å². The SMILES string of the molecule is C=C(N)c1ccc(C)cc1CO. The molecular weight excluding hydrogens is 150 g/mol. The Bertz CT molecular complexity index is 305. The van der Waals surface area contributed by atoms with Gasteiger partial charge in [0.15, 0.2) is 0 Å². The predicted octanol–water partition coefficient (Wildman–Crippen LogP) is 1.42. The molecule has 1 rings (SSSR count). The van der Waals surface area contributed by atoms with Gasteiger partial charge in [-0.3, -0.25) is 0 Å². The van der Waals surface area contributed by atoms with E-state index in [0.717, 1.165) is 16.7 Å². The first-order valence-electron chi connectivity index (χ1n) is 3.80. The molecule has 0 aromatic heterocycles. The van der Waals surface area contributed by atoms with Gasteiger partial charge in [0, 0.05) is 11.3 Å². The lowest BCUT2D eigenvalue weighted by atomic mass is 10.0. The summed E-state index contributed by atoms with van der Waals surface area (Å²) in [7, 11) is 0. The summed E-state index contributed by atoms with van der Waals surface area (Å²) in [5.74, 6) is 0. The van der Waals surface area contributed by atoms with Crippen molar-refractivity contribution < 1.29 is 5.11 Å². The molecule has 0 heterocycles. The molecule has 0 saturated heterocycles. The molecule has 0 saturated carbocycles. The zero-order valence-corrected chi connectivity index (χ0v) is 7.17. The lowest BCUT2D eigenvalue weighted by molar-refractivity contribution is 0.281. The van der Waals surface area contributed by atoms with Gasteiger partial charge in [-0.15, -0.1) is 0 Å². The average molecular weight is 163 g/mol. The van der Waals surface area contributed by atoms with Crippen LogP contribution in [0.15, 0.2) is 24.8 Å². The molecule has 0 atom stereocenters. The van der Waals surface area contributed by atoms with Crippen molar-refractivity contribution >= 4 is 5.70 Å². The average Bonchev–Trinajstić information content (AvgIpc) is 2.03. The summed E-state index contributed by atoms with van der Waals surface area (Å²) < 4.78 is 0. The Morgan fingerprint density at radius 3 is 2.75 bits per heavy atom. The fourth-order valence-corrected chi connectivity index (χ4v) is 1.17. The van der Waals surface area contributed by atoms with Crippen LogP contribution in [0.25, 0.3) is 5.70 Å². The molecule has 0 spiro atoms. The van der Waals surface area contributed by atoms with Gasteiger partial charge in [-0.25, -0.2) is 0 Å². The van der Waals surface area contributed by atoms with Crippen molar-refractivity contribution in [3.05, 3.63) is 41.5 Å². The lowest BCUT2D eigenvalue weighted by Gasteiger charge is -2.06. The van der Waals surface area contributed by atoms with Gasteiger partial charge in [0.2, 0.25) is 0 Å². The zero-order valence-electron chi connectivity index (χ0n) is 7.17. The Balaban J connectivity index is 3.20. The van der Waals surface area contributed by atoms with E-state index < -0.39 is 0 Å². The lowest BCUT2D eigenvalue weighted by Crippen LogP contribution is -1.99. The Kier molecular flexibility index (Phi) is 2.51. The number of aliphatic hydroxyl groups is 1. The highest BCUT2D eigenvalue weighted by Gasteiger charge is 2.01. The maximum atomic E-state index is 9.00. The van der Waals surface area contributed by atoms with Gasteiger partial charge in [-0.05, 0) is 12.5 Å². The topological polar surface area (TPSA) is 46.2 Å². The monoisotopic (exact) mass is 163 g/mol. The second-order valence-electron chi connectivity index (χ2n) is 2.84. The number of aryl methyl sites for hydroxylation is 1. The van der Waals surface area contributed by atoms with Crippen molar-refractivity contribution in [3.63, 3.8) is 0 Å². The summed E-state index contributed by atoms with van der Waals surface area (Å²) in [4.78, 5) is 0. The highest BCUT2D eigenvalue weighted by Crippen LogP contribution is 2.15. The minimum atomic E-state index is 0.00718. The Morgan fingerprint density at radius 2 is 2.25 bits per heavy atom. The van der Waals surface area contributed by atoms with Crippen LogP contribution in [0, 0.1) is 6.92 Å². The highest BCUT2D eigenvalue weighted by molar-refractivity contribution is 5.63. The zero-order chi connectivity index (χ0) is 9.14. The Labute approximate surface area is 72.3 Å². The van der Waals surface area contributed by atoms with Gasteiger partial charge in [0.05, 0.1) is 6.61 Å². The van der Waals surface area contributed by atoms with Crippen molar-refractivity contribution in [1.29, 1.82) is 0 Å². The van der Waals surface area contributed by atoms with Gasteiger partial charge in [-0.2, -0.15) is 0 Å². The van der Waals surface area contributed by atoms with Crippen LogP contribution in [0.4, 0.5) is 0 Å². The van der Waals surface area contributed by atoms with E-state index in [-0.39, 0.29) is 6.61 Å². The number of benzene rings is 1. The fraction of sp³-hybridized carbons (Fsp3) is 0.200. The third-order valence-electron chi connectivity index (χ3n) is 1.78. The first-order valence-corrected chi connectivity index (χ1v) is 3.80. The molecule has 0 amide bonds. The van der Waals surface area contributed by atoms with E-state index >= 15 is 0 Å². The largest absolute Gasteiger partial charge is 0.399 e. The van der Waals surface area contributed by atoms with Gasteiger partial charge < -0.3 is 10.8 Å². The van der Waals surface area contributed by atoms with Crippen LogP contribution >= 0.6 is 0 Å². The molecule has 64 valence electrons. The second kappa shape index (κ2) is 3.41. The number of hydrogen-bond acceptors (Lipinski definition) is 2. The summed E-state index contributed by atoms with van der Waals surface area (Å²) in [6.07, 6.45) is 0. The molecule has 0 aliphatic rings. The van der Waals surface area contributed by atoms with Crippen molar-refractivity contribution in [2.75, 3.05) is 0 Å². The van der Waals surface area contributed by atoms with E-state index in [9.17, 15) is 0 Å². The summed E-state index contributed by atoms with van der Waals surface area (Å²) in [6.45, 7) is 5.61. The number of rotatable bonds is 2. The summed E-state index contributed by atoms with van der Waals surface area (Å²) in [5, 5.41) is 9.00. The number of hydrogen-bond donors (Lipinski definition) is 2. The van der Waals surface area contributed by atoms with Gasteiger partial charge in [0.25, 0.3) is 0 Å². The van der Waals surface area contributed by atoms with E-state index in [4.69, 9.17) is 10.8 Å². The van der Waals surface area contributed by atoms with Crippen molar-refractivity contribution in [2.24, 2.45) is 5.73 Å². The molecule has 0 bridgehead atoms. The fourth-order valence-electron chi connectivity index (χ4n) is 1.17. The minimum absolute atomic E-state index is 0.00718. The Hall–Kier alpha value is -1.28. The molecule has 0 aliphatic carbocycles. The number of nitrogens with two attached hydrogens (primary N) is 1. The van der Waals surface area contributed by atoms with E-state index in [0.29, 0.717) is 5.70 Å². The maximum Gasteiger partial charge on any atom is 0.0688 e. The minimum Gasteiger partial charge on any atom is -0.399 e. The first-order chi connectivity index (χ1) is 5.65. The molecule has 0 aliphatic heterocycles. The molecular formula is C10H13NO. The van der Waals surface area contributed by atoms with Crippen molar-refractivity contribution in [1.82, 2.24) is 0 Å². The number of aliphatic hydroxyl groups excluding tert-OH is 1. The van der Waals surface area contributed by atoms with Crippen molar-refractivity contribution in [2.45, 2.75) is 13.5 Å². The van der Waals surface area contributed by atoms with E-state index in [1.54, 1.807) is 0 Å². The molecule has 2 nitrogen and oxygen atoms in total. The van der Waals surface area contributed by atoms with Gasteiger partial charge >= 0.3 is 0 Å². The molecule has 0 fully saturated rings. The molecule has 2 heteroatoms. The summed E-state index contributed by atoms with van der Waals surface area (Å²) >= 11 is 0. The van der Waals surface area contributed by atoms with Crippen LogP contribution in [0.1, 0.15) is 16.7 Å². The van der Waals surface area contributed by atoms with Crippen LogP contribution in [-0.4, -0.2) is 5.11 Å². The summed E-state index contributed by atoms with van der Waals surface area (Å²) in [5.41, 5.74) is 8.82. The normalized spacial score (nSPS) is 9.83. The van der Waals surface area contributed by atoms with E-state index in [1.807, 2.05) is 25.1 Å². The maximum absolute atomic E-state index is 9.00. The quantitative estimate of drug-likeness (QED) is 0.692. The van der Waals surface area contributed by atoms with Crippen LogP contribution < -0.4 is 5.73 Å². The van der Waals surface area contributed by atoms with E-state index in [2.05, 4.69) is 6.58 Å². The molecule has 12 heavy (non-hydrogen) atoms. The third-order valence-corrected chi connectivity index (χ3v) is 1.78. The predicted molar refractivity (Wildman–Crippen MR) is 50.3 cm³/mol. The molecule has 1 aromatic rings. The van der Waals surface area contributed by atoms with Gasteiger partial charge in [-0.1, -0.05) is 30.3 Å². The summed E-state index contributed by atoms with van der Waals surface area (Å²) in [6, 6.07) is 5.74. The Morgan fingerprint density at radius 1 is 1.58 bits per heavy atom. The van der Waals surface area contributed by atoms with Crippen LogP contribution in [0.2, 0.25) is 0 Å².